The van der Waals surface area contributed by atoms with Crippen LogP contribution in [-0.4, -0.2) is 72.6 Å². The predicted octanol–water partition coefficient (Wildman–Crippen LogP) is 1.89. The summed E-state index contributed by atoms with van der Waals surface area (Å²) in [5.41, 5.74) is 0.338. The normalized spacial score (nSPS) is 25.5. The molecular formula is C15H31N3. The average Bonchev–Trinajstić information content (AvgIpc) is 2.69. The van der Waals surface area contributed by atoms with Crippen LogP contribution in [0.4, 0.5) is 0 Å². The Labute approximate surface area is 113 Å². The predicted molar refractivity (Wildman–Crippen MR) is 78.1 cm³/mol. The van der Waals surface area contributed by atoms with E-state index >= 15 is 0 Å². The molecule has 0 aliphatic carbocycles. The largest absolute Gasteiger partial charge is 0.302 e. The molecule has 0 N–H and O–H groups in total. The zero-order valence-electron chi connectivity index (χ0n) is 12.6. The zero-order chi connectivity index (χ0) is 13.0. The van der Waals surface area contributed by atoms with Gasteiger partial charge in [0.25, 0.3) is 0 Å². The van der Waals surface area contributed by atoms with Gasteiger partial charge < -0.3 is 9.80 Å². The van der Waals surface area contributed by atoms with E-state index in [9.17, 15) is 0 Å². The third-order valence-electron chi connectivity index (χ3n) is 4.47. The van der Waals surface area contributed by atoms with Crippen molar-refractivity contribution in [1.82, 2.24) is 14.7 Å². The highest BCUT2D eigenvalue weighted by Gasteiger charge is 2.24. The van der Waals surface area contributed by atoms with Crippen LogP contribution in [0.25, 0.3) is 0 Å². The van der Waals surface area contributed by atoms with E-state index in [0.29, 0.717) is 5.54 Å². The van der Waals surface area contributed by atoms with Gasteiger partial charge in [-0.1, -0.05) is 0 Å². The van der Waals surface area contributed by atoms with Gasteiger partial charge in [-0.05, 0) is 66.2 Å². The fraction of sp³-hybridized carbons (Fsp3) is 1.00. The van der Waals surface area contributed by atoms with Gasteiger partial charge in [-0.3, -0.25) is 4.90 Å². The molecule has 2 rings (SSSR count). The van der Waals surface area contributed by atoms with E-state index in [4.69, 9.17) is 0 Å². The highest BCUT2D eigenvalue weighted by molar-refractivity contribution is 4.80. The van der Waals surface area contributed by atoms with E-state index in [2.05, 4.69) is 35.5 Å². The summed E-state index contributed by atoms with van der Waals surface area (Å²) in [5.74, 6) is 0. The Morgan fingerprint density at radius 1 is 0.667 bits per heavy atom. The molecule has 2 saturated heterocycles. The number of likely N-dealkylation sites (tertiary alicyclic amines) is 1. The Kier molecular flexibility index (Phi) is 5.05. The Bertz CT molecular complexity index is 241. The third kappa shape index (κ3) is 4.22. The molecular weight excluding hydrogens is 222 g/mol. The summed E-state index contributed by atoms with van der Waals surface area (Å²) < 4.78 is 0. The third-order valence-corrected chi connectivity index (χ3v) is 4.47. The molecule has 0 aromatic carbocycles. The van der Waals surface area contributed by atoms with Crippen molar-refractivity contribution in [3.63, 3.8) is 0 Å². The summed E-state index contributed by atoms with van der Waals surface area (Å²) in [7, 11) is 0. The highest BCUT2D eigenvalue weighted by atomic mass is 15.3. The molecule has 0 radical (unpaired) electrons. The summed E-state index contributed by atoms with van der Waals surface area (Å²) in [4.78, 5) is 7.94. The monoisotopic (exact) mass is 253 g/mol. The average molecular weight is 253 g/mol. The van der Waals surface area contributed by atoms with Crippen LogP contribution < -0.4 is 0 Å². The summed E-state index contributed by atoms with van der Waals surface area (Å²) in [6.45, 7) is 17.3. The van der Waals surface area contributed by atoms with Gasteiger partial charge in [-0.25, -0.2) is 0 Å². The Morgan fingerprint density at radius 2 is 1.22 bits per heavy atom. The second kappa shape index (κ2) is 6.36. The van der Waals surface area contributed by atoms with Gasteiger partial charge in [0.2, 0.25) is 0 Å². The molecule has 2 heterocycles. The van der Waals surface area contributed by atoms with Crippen molar-refractivity contribution >= 4 is 0 Å². The van der Waals surface area contributed by atoms with E-state index in [1.54, 1.807) is 0 Å². The minimum absolute atomic E-state index is 0.338. The van der Waals surface area contributed by atoms with E-state index in [-0.39, 0.29) is 0 Å². The summed E-state index contributed by atoms with van der Waals surface area (Å²) in [6, 6.07) is 0. The zero-order valence-corrected chi connectivity index (χ0v) is 12.6. The van der Waals surface area contributed by atoms with Gasteiger partial charge in [0.05, 0.1) is 0 Å². The van der Waals surface area contributed by atoms with Crippen molar-refractivity contribution < 1.29 is 0 Å². The highest BCUT2D eigenvalue weighted by Crippen LogP contribution is 2.16. The molecule has 0 aromatic heterocycles. The molecule has 2 fully saturated rings. The first-order valence-electron chi connectivity index (χ1n) is 7.75. The lowest BCUT2D eigenvalue weighted by Gasteiger charge is -2.34. The van der Waals surface area contributed by atoms with Crippen molar-refractivity contribution in [3.8, 4) is 0 Å². The van der Waals surface area contributed by atoms with Crippen LogP contribution in [0.3, 0.4) is 0 Å². The molecule has 0 spiro atoms. The molecule has 3 nitrogen and oxygen atoms in total. The lowest BCUT2D eigenvalue weighted by Crippen LogP contribution is -2.44. The van der Waals surface area contributed by atoms with Gasteiger partial charge in [0.15, 0.2) is 0 Å². The van der Waals surface area contributed by atoms with E-state index in [1.807, 2.05) is 0 Å². The summed E-state index contributed by atoms with van der Waals surface area (Å²) >= 11 is 0. The van der Waals surface area contributed by atoms with E-state index < -0.39 is 0 Å². The van der Waals surface area contributed by atoms with Gasteiger partial charge in [-0.2, -0.15) is 0 Å². The molecule has 3 heteroatoms. The molecule has 106 valence electrons. The van der Waals surface area contributed by atoms with Crippen molar-refractivity contribution in [2.24, 2.45) is 0 Å². The molecule has 0 bridgehead atoms. The van der Waals surface area contributed by atoms with Gasteiger partial charge >= 0.3 is 0 Å². The maximum atomic E-state index is 2.67. The first-order valence-corrected chi connectivity index (χ1v) is 7.75. The van der Waals surface area contributed by atoms with E-state index in [0.717, 1.165) is 0 Å². The van der Waals surface area contributed by atoms with E-state index in [1.165, 1.54) is 71.6 Å². The fourth-order valence-electron chi connectivity index (χ4n) is 3.15. The van der Waals surface area contributed by atoms with Gasteiger partial charge in [-0.15, -0.1) is 0 Å². The maximum Gasteiger partial charge on any atom is 0.0125 e. The smallest absolute Gasteiger partial charge is 0.0125 e. The molecule has 2 aliphatic heterocycles. The van der Waals surface area contributed by atoms with Crippen molar-refractivity contribution in [2.75, 3.05) is 52.4 Å². The van der Waals surface area contributed by atoms with Crippen LogP contribution in [-0.2, 0) is 0 Å². The van der Waals surface area contributed by atoms with Crippen LogP contribution >= 0.6 is 0 Å². The first-order chi connectivity index (χ1) is 8.55. The van der Waals surface area contributed by atoms with Gasteiger partial charge in [0.1, 0.15) is 0 Å². The standard InChI is InChI=1S/C15H31N3/c1-15(2,3)18-10-6-9-17(13-14-18)12-11-16-7-4-5-8-16/h4-14H2,1-3H3. The van der Waals surface area contributed by atoms with Crippen molar-refractivity contribution in [1.29, 1.82) is 0 Å². The Balaban J connectivity index is 1.71. The minimum Gasteiger partial charge on any atom is -0.302 e. The number of rotatable bonds is 3. The molecule has 0 atom stereocenters. The van der Waals surface area contributed by atoms with Crippen LogP contribution in [0.5, 0.6) is 0 Å². The lowest BCUT2D eigenvalue weighted by atomic mass is 10.1. The summed E-state index contributed by atoms with van der Waals surface area (Å²) in [6.07, 6.45) is 4.16. The Morgan fingerprint density at radius 3 is 1.83 bits per heavy atom. The minimum atomic E-state index is 0.338. The van der Waals surface area contributed by atoms with Crippen LogP contribution in [0.2, 0.25) is 0 Å². The van der Waals surface area contributed by atoms with Crippen LogP contribution in [0, 0.1) is 0 Å². The fourth-order valence-corrected chi connectivity index (χ4v) is 3.15. The molecule has 0 amide bonds. The quantitative estimate of drug-likeness (QED) is 0.760. The molecule has 18 heavy (non-hydrogen) atoms. The Hall–Kier alpha value is -0.120. The topological polar surface area (TPSA) is 9.72 Å². The number of hydrogen-bond donors (Lipinski definition) is 0. The number of hydrogen-bond acceptors (Lipinski definition) is 3. The molecule has 0 aromatic rings. The molecule has 0 unspecified atom stereocenters. The lowest BCUT2D eigenvalue weighted by molar-refractivity contribution is 0.139. The SMILES string of the molecule is CC(C)(C)N1CCCN(CCN2CCCC2)CC1. The second-order valence-corrected chi connectivity index (χ2v) is 6.90. The second-order valence-electron chi connectivity index (χ2n) is 6.90. The van der Waals surface area contributed by atoms with Gasteiger partial charge in [0, 0.05) is 31.7 Å². The molecule has 0 saturated carbocycles. The maximum absolute atomic E-state index is 2.67. The van der Waals surface area contributed by atoms with Crippen molar-refractivity contribution in [3.05, 3.63) is 0 Å². The van der Waals surface area contributed by atoms with Crippen molar-refractivity contribution in [2.45, 2.75) is 45.6 Å². The van der Waals surface area contributed by atoms with Crippen LogP contribution in [0.15, 0.2) is 0 Å². The number of nitrogens with zero attached hydrogens (tertiary/aromatic N) is 3. The molecule has 2 aliphatic rings. The summed E-state index contributed by atoms with van der Waals surface area (Å²) in [5, 5.41) is 0. The van der Waals surface area contributed by atoms with Crippen LogP contribution in [0.1, 0.15) is 40.0 Å². The first kappa shape index (κ1) is 14.3.